The van der Waals surface area contributed by atoms with Gasteiger partial charge >= 0.3 is 0 Å². The van der Waals surface area contributed by atoms with Gasteiger partial charge in [-0.1, -0.05) is 61.2 Å². The molecule has 1 aliphatic rings. The molecular weight excluding hydrogens is 359 g/mol. The number of rotatable bonds is 8. The van der Waals surface area contributed by atoms with Crippen molar-refractivity contribution in [3.8, 4) is 11.1 Å². The molecule has 0 spiro atoms. The Balaban J connectivity index is 1.49. The second kappa shape index (κ2) is 10.2. The molecule has 0 radical (unpaired) electrons. The van der Waals surface area contributed by atoms with E-state index in [1.54, 1.807) is 13.2 Å². The molecule has 0 amide bonds. The lowest BCUT2D eigenvalue weighted by molar-refractivity contribution is 0.190. The van der Waals surface area contributed by atoms with Crippen LogP contribution in [0.5, 0.6) is 0 Å². The first-order valence-electron chi connectivity index (χ1n) is 10.2. The second-order valence-corrected chi connectivity index (χ2v) is 8.22. The van der Waals surface area contributed by atoms with Gasteiger partial charge in [0.25, 0.3) is 0 Å². The first kappa shape index (κ1) is 20.4. The van der Waals surface area contributed by atoms with Gasteiger partial charge in [0.15, 0.2) is 0 Å². The van der Waals surface area contributed by atoms with Crippen molar-refractivity contribution >= 4 is 11.6 Å². The predicted molar refractivity (Wildman–Crippen MR) is 112 cm³/mol. The van der Waals surface area contributed by atoms with Crippen LogP contribution in [-0.2, 0) is 4.74 Å². The average Bonchev–Trinajstić information content (AvgIpc) is 2.71. The van der Waals surface area contributed by atoms with Crippen LogP contribution in [0.3, 0.4) is 0 Å². The highest BCUT2D eigenvalue weighted by molar-refractivity contribution is 6.30. The van der Waals surface area contributed by atoms with E-state index < -0.39 is 0 Å². The maximum absolute atomic E-state index is 13.7. The van der Waals surface area contributed by atoms with Gasteiger partial charge in [0, 0.05) is 13.7 Å². The maximum Gasteiger partial charge on any atom is 0.142 e. The lowest BCUT2D eigenvalue weighted by Gasteiger charge is -2.29. The Morgan fingerprint density at radius 1 is 0.926 bits per heavy atom. The molecule has 2 aromatic rings. The number of hydrogen-bond acceptors (Lipinski definition) is 1. The molecule has 3 rings (SSSR count). The minimum atomic E-state index is -0.362. The Bertz CT molecular complexity index is 705. The molecule has 146 valence electrons. The lowest BCUT2D eigenvalue weighted by atomic mass is 9.77. The van der Waals surface area contributed by atoms with Crippen LogP contribution < -0.4 is 0 Å². The summed E-state index contributed by atoms with van der Waals surface area (Å²) in [5, 5.41) is 0.172. The standard InChI is InChI=1S/C24H30ClFO/c1-27-16-4-2-3-5-18-6-8-19(9-7-18)20-10-12-21(13-11-20)22-14-15-23(25)24(26)17-22/h10-15,17-19H,2-9,16H2,1H3/t18-,19-. The molecule has 3 heteroatoms. The second-order valence-electron chi connectivity index (χ2n) is 7.81. The summed E-state index contributed by atoms with van der Waals surface area (Å²) in [6.07, 6.45) is 10.5. The van der Waals surface area contributed by atoms with Crippen molar-refractivity contribution in [2.45, 2.75) is 57.3 Å². The Hall–Kier alpha value is -1.38. The van der Waals surface area contributed by atoms with Gasteiger partial charge in [-0.15, -0.1) is 0 Å². The summed E-state index contributed by atoms with van der Waals surface area (Å²) in [5.41, 5.74) is 3.34. The van der Waals surface area contributed by atoms with Crippen LogP contribution in [-0.4, -0.2) is 13.7 Å². The minimum Gasteiger partial charge on any atom is -0.385 e. The monoisotopic (exact) mass is 388 g/mol. The van der Waals surface area contributed by atoms with Gasteiger partial charge in [0.05, 0.1) is 5.02 Å². The highest BCUT2D eigenvalue weighted by Crippen LogP contribution is 2.38. The summed E-state index contributed by atoms with van der Waals surface area (Å²) in [5.74, 6) is 1.21. The van der Waals surface area contributed by atoms with Crippen LogP contribution in [0.1, 0.15) is 62.8 Å². The Morgan fingerprint density at radius 2 is 1.63 bits per heavy atom. The summed E-state index contributed by atoms with van der Waals surface area (Å²) < 4.78 is 18.8. The topological polar surface area (TPSA) is 9.23 Å². The molecule has 1 nitrogen and oxygen atoms in total. The molecule has 2 aromatic carbocycles. The Kier molecular flexibility index (Phi) is 7.72. The largest absolute Gasteiger partial charge is 0.385 e. The number of hydrogen-bond donors (Lipinski definition) is 0. The Labute approximate surface area is 167 Å². The lowest BCUT2D eigenvalue weighted by Crippen LogP contribution is -2.13. The summed E-state index contributed by atoms with van der Waals surface area (Å²) in [7, 11) is 1.78. The first-order valence-corrected chi connectivity index (χ1v) is 10.6. The van der Waals surface area contributed by atoms with Gasteiger partial charge in [-0.2, -0.15) is 0 Å². The molecule has 0 saturated heterocycles. The molecule has 0 bridgehead atoms. The van der Waals surface area contributed by atoms with Crippen molar-refractivity contribution in [2.75, 3.05) is 13.7 Å². The van der Waals surface area contributed by atoms with E-state index >= 15 is 0 Å². The van der Waals surface area contributed by atoms with Crippen LogP contribution in [0.15, 0.2) is 42.5 Å². The zero-order valence-electron chi connectivity index (χ0n) is 16.2. The van der Waals surface area contributed by atoms with E-state index in [0.29, 0.717) is 5.92 Å². The van der Waals surface area contributed by atoms with Crippen LogP contribution in [0, 0.1) is 11.7 Å². The molecule has 27 heavy (non-hydrogen) atoms. The highest BCUT2D eigenvalue weighted by atomic mass is 35.5. The van der Waals surface area contributed by atoms with Crippen molar-refractivity contribution in [1.29, 1.82) is 0 Å². The molecule has 0 unspecified atom stereocenters. The number of halogens is 2. The summed E-state index contributed by atoms with van der Waals surface area (Å²) in [6.45, 7) is 0.894. The quantitative estimate of drug-likeness (QED) is 0.422. The van der Waals surface area contributed by atoms with Crippen molar-refractivity contribution in [3.05, 3.63) is 58.9 Å². The van der Waals surface area contributed by atoms with Gasteiger partial charge in [-0.05, 0) is 72.8 Å². The molecule has 1 fully saturated rings. The number of unbranched alkanes of at least 4 members (excludes halogenated alkanes) is 2. The zero-order chi connectivity index (χ0) is 19.1. The van der Waals surface area contributed by atoms with E-state index in [1.165, 1.54) is 63.0 Å². The van der Waals surface area contributed by atoms with Crippen molar-refractivity contribution in [3.63, 3.8) is 0 Å². The van der Waals surface area contributed by atoms with E-state index in [-0.39, 0.29) is 10.8 Å². The first-order chi connectivity index (χ1) is 13.2. The number of methoxy groups -OCH3 is 1. The minimum absolute atomic E-state index is 0.172. The SMILES string of the molecule is COCCCCC[C@H]1CC[C@H](c2ccc(-c3ccc(Cl)c(F)c3)cc2)CC1. The van der Waals surface area contributed by atoms with Crippen LogP contribution in [0.4, 0.5) is 4.39 Å². The van der Waals surface area contributed by atoms with Gasteiger partial charge in [0.1, 0.15) is 5.82 Å². The average molecular weight is 389 g/mol. The van der Waals surface area contributed by atoms with Crippen molar-refractivity contribution in [2.24, 2.45) is 5.92 Å². The third-order valence-electron chi connectivity index (χ3n) is 5.94. The smallest absolute Gasteiger partial charge is 0.142 e. The summed E-state index contributed by atoms with van der Waals surface area (Å²) in [4.78, 5) is 0. The van der Waals surface area contributed by atoms with Gasteiger partial charge in [-0.25, -0.2) is 4.39 Å². The predicted octanol–water partition coefficient (Wildman–Crippen LogP) is 7.63. The molecule has 0 N–H and O–H groups in total. The fraction of sp³-hybridized carbons (Fsp3) is 0.500. The van der Waals surface area contributed by atoms with Crippen LogP contribution >= 0.6 is 11.6 Å². The van der Waals surface area contributed by atoms with Crippen molar-refractivity contribution in [1.82, 2.24) is 0 Å². The normalized spacial score (nSPS) is 20.0. The highest BCUT2D eigenvalue weighted by Gasteiger charge is 2.22. The third kappa shape index (κ3) is 5.80. The number of ether oxygens (including phenoxy) is 1. The van der Waals surface area contributed by atoms with Gasteiger partial charge in [-0.3, -0.25) is 0 Å². The van der Waals surface area contributed by atoms with E-state index in [2.05, 4.69) is 24.3 Å². The molecule has 0 aliphatic heterocycles. The zero-order valence-corrected chi connectivity index (χ0v) is 17.0. The van der Waals surface area contributed by atoms with E-state index in [9.17, 15) is 4.39 Å². The van der Waals surface area contributed by atoms with Gasteiger partial charge < -0.3 is 4.74 Å². The van der Waals surface area contributed by atoms with Crippen molar-refractivity contribution < 1.29 is 9.13 Å². The molecule has 1 saturated carbocycles. The molecule has 0 heterocycles. The van der Waals surface area contributed by atoms with E-state index in [1.807, 2.05) is 6.07 Å². The molecule has 0 atom stereocenters. The van der Waals surface area contributed by atoms with E-state index in [0.717, 1.165) is 23.7 Å². The summed E-state index contributed by atoms with van der Waals surface area (Å²) >= 11 is 5.78. The fourth-order valence-electron chi connectivity index (χ4n) is 4.26. The number of benzene rings is 2. The van der Waals surface area contributed by atoms with Crippen LogP contribution in [0.2, 0.25) is 5.02 Å². The Morgan fingerprint density at radius 3 is 2.30 bits per heavy atom. The third-order valence-corrected chi connectivity index (χ3v) is 6.25. The van der Waals surface area contributed by atoms with Gasteiger partial charge in [0.2, 0.25) is 0 Å². The van der Waals surface area contributed by atoms with E-state index in [4.69, 9.17) is 16.3 Å². The molecular formula is C24H30ClFO. The molecule has 0 aromatic heterocycles. The maximum atomic E-state index is 13.7. The van der Waals surface area contributed by atoms with Crippen LogP contribution in [0.25, 0.3) is 11.1 Å². The molecule has 1 aliphatic carbocycles. The summed E-state index contributed by atoms with van der Waals surface area (Å²) in [6, 6.07) is 13.7. The fourth-order valence-corrected chi connectivity index (χ4v) is 4.38.